The summed E-state index contributed by atoms with van der Waals surface area (Å²) in [7, 11) is 0. The van der Waals surface area contributed by atoms with E-state index in [4.69, 9.17) is 0 Å². The largest absolute Gasteiger partial charge is 0.346 e. The quantitative estimate of drug-likeness (QED) is 0.342. The molecular weight excluding hydrogens is 359 g/mol. The van der Waals surface area contributed by atoms with E-state index in [9.17, 15) is 0 Å². The molecule has 0 heterocycles. The first-order valence-electron chi connectivity index (χ1n) is 9.82. The van der Waals surface area contributed by atoms with Crippen molar-refractivity contribution in [3.8, 4) is 0 Å². The van der Waals surface area contributed by atoms with Gasteiger partial charge in [-0.1, -0.05) is 52.4 Å². The molecule has 0 N–H and O–H groups in total. The maximum Gasteiger partial charge on any atom is -0.0465 e. The van der Waals surface area contributed by atoms with Crippen LogP contribution in [0.3, 0.4) is 0 Å². The molecule has 0 bridgehead atoms. The van der Waals surface area contributed by atoms with Crippen LogP contribution in [0.15, 0.2) is 3.34 Å². The Balaban J connectivity index is 0. The zero-order valence-corrected chi connectivity index (χ0v) is 18.8. The van der Waals surface area contributed by atoms with Gasteiger partial charge in [-0.3, -0.25) is 0 Å². The summed E-state index contributed by atoms with van der Waals surface area (Å²) in [5.41, 5.74) is 0. The minimum Gasteiger partial charge on any atom is -0.346 e. The van der Waals surface area contributed by atoms with E-state index in [0.717, 1.165) is 11.8 Å². The molecule has 139 valence electrons. The molecule has 1 nitrogen and oxygen atoms in total. The molecule has 2 aliphatic carbocycles. The van der Waals surface area contributed by atoms with E-state index in [2.05, 4.69) is 50.8 Å². The summed E-state index contributed by atoms with van der Waals surface area (Å²) in [6.07, 6.45) is 19.0. The fraction of sp³-hybridized carbons (Fsp3) is 0.857. The molecule has 0 spiro atoms. The fourth-order valence-electron chi connectivity index (χ4n) is 2.81. The molecule has 0 radical (unpaired) electrons. The summed E-state index contributed by atoms with van der Waals surface area (Å²) >= 11 is 1.53. The second-order valence-corrected chi connectivity index (χ2v) is 7.21. The van der Waals surface area contributed by atoms with E-state index in [1.807, 2.05) is 0 Å². The molecule has 0 amide bonds. The van der Waals surface area contributed by atoms with Crippen LogP contribution in [0, 0.1) is 31.6 Å². The molecule has 0 aromatic heterocycles. The third-order valence-electron chi connectivity index (χ3n) is 4.50. The van der Waals surface area contributed by atoms with Crippen molar-refractivity contribution >= 4 is 0 Å². The van der Waals surface area contributed by atoms with Crippen LogP contribution in [0.4, 0.5) is 0 Å². The topological polar surface area (TPSA) is 12.4 Å². The molecule has 2 fully saturated rings. The van der Waals surface area contributed by atoms with Crippen LogP contribution in [0.1, 0.15) is 98.8 Å². The first kappa shape index (κ1) is 25.8. The molecule has 0 saturated heterocycles. The van der Waals surface area contributed by atoms with Gasteiger partial charge in [0.25, 0.3) is 0 Å². The van der Waals surface area contributed by atoms with E-state index in [-0.39, 0.29) is 0 Å². The SMILES string of the molecule is CC(C)[N]=[Nb].CCC1CC[CH-]CC1.CCC1CC[CH-]CC1.[CH2-]C. The maximum absolute atomic E-state index is 3.94. The molecule has 2 heteroatoms. The Bertz CT molecular complexity index is 198. The van der Waals surface area contributed by atoms with Crippen LogP contribution >= 0.6 is 0 Å². The smallest absolute Gasteiger partial charge is 0.0465 e. The Kier molecular flexibility index (Phi) is 23.1. The first-order valence-corrected chi connectivity index (χ1v) is 10.8. The average Bonchev–Trinajstić information content (AvgIpc) is 2.65. The van der Waals surface area contributed by atoms with Crippen LogP contribution in [0.5, 0.6) is 0 Å². The Labute approximate surface area is 160 Å². The van der Waals surface area contributed by atoms with Gasteiger partial charge in [0.1, 0.15) is 0 Å². The fourth-order valence-corrected chi connectivity index (χ4v) is 2.81. The molecule has 2 rings (SSSR count). The van der Waals surface area contributed by atoms with Crippen LogP contribution in [-0.4, -0.2) is 6.04 Å². The van der Waals surface area contributed by atoms with E-state index in [0.29, 0.717) is 6.04 Å². The summed E-state index contributed by atoms with van der Waals surface area (Å²) in [6, 6.07) is 0.531. The van der Waals surface area contributed by atoms with Crippen molar-refractivity contribution in [3.05, 3.63) is 19.8 Å². The summed E-state index contributed by atoms with van der Waals surface area (Å²) in [6.45, 7) is 13.7. The van der Waals surface area contributed by atoms with Gasteiger partial charge >= 0.3 is 44.1 Å². The molecule has 0 aromatic rings. The number of hydrogen-bond acceptors (Lipinski definition) is 1. The van der Waals surface area contributed by atoms with Crippen molar-refractivity contribution in [1.29, 1.82) is 0 Å². The van der Waals surface area contributed by atoms with Crippen molar-refractivity contribution in [3.63, 3.8) is 0 Å². The van der Waals surface area contributed by atoms with Crippen LogP contribution in [0.25, 0.3) is 0 Å². The molecule has 0 aromatic carbocycles. The molecule has 2 aliphatic rings. The van der Waals surface area contributed by atoms with Crippen molar-refractivity contribution in [2.45, 2.75) is 105 Å². The second kappa shape index (κ2) is 20.6. The predicted octanol–water partition coefficient (Wildman–Crippen LogP) is 7.55. The molecule has 23 heavy (non-hydrogen) atoms. The Hall–Kier alpha value is 0.540. The van der Waals surface area contributed by atoms with Gasteiger partial charge in [0.15, 0.2) is 0 Å². The van der Waals surface area contributed by atoms with E-state index >= 15 is 0 Å². The van der Waals surface area contributed by atoms with Crippen LogP contribution in [-0.2, 0) is 20.9 Å². The van der Waals surface area contributed by atoms with E-state index in [1.54, 1.807) is 6.92 Å². The van der Waals surface area contributed by atoms with E-state index < -0.39 is 0 Å². The average molecular weight is 401 g/mol. The van der Waals surface area contributed by atoms with Gasteiger partial charge in [0.2, 0.25) is 0 Å². The maximum atomic E-state index is 3.94. The number of nitrogens with zero attached hydrogens (tertiary/aromatic N) is 1. The zero-order valence-electron chi connectivity index (χ0n) is 16.6. The molecule has 0 atom stereocenters. The van der Waals surface area contributed by atoms with E-state index in [1.165, 1.54) is 85.1 Å². The van der Waals surface area contributed by atoms with Gasteiger partial charge in [0.05, 0.1) is 0 Å². The second-order valence-electron chi connectivity index (χ2n) is 6.64. The minimum atomic E-state index is 0.531. The van der Waals surface area contributed by atoms with Crippen molar-refractivity contribution in [2.24, 2.45) is 15.2 Å². The Morgan fingerprint density at radius 3 is 1.26 bits per heavy atom. The van der Waals surface area contributed by atoms with Gasteiger partial charge in [-0.2, -0.15) is 32.6 Å². The first-order chi connectivity index (χ1) is 11.1. The van der Waals surface area contributed by atoms with Crippen molar-refractivity contribution in [1.82, 2.24) is 0 Å². The molecule has 0 unspecified atom stereocenters. The summed E-state index contributed by atoms with van der Waals surface area (Å²) in [5, 5.41) is 0. The van der Waals surface area contributed by atoms with Crippen LogP contribution in [0.2, 0.25) is 0 Å². The standard InChI is InChI=1S/2C8H15.C3H7N.C2H5.Nb/c2*1-2-8-6-4-3-5-7-8;1-3(2)4;1-2;/h2*3,8H,2,4-7H2,1H3;3H,1-2H3;1H2,2H3;/q2*-1;;-1;. The van der Waals surface area contributed by atoms with Crippen LogP contribution < -0.4 is 0 Å². The monoisotopic (exact) mass is 401 g/mol. The summed E-state index contributed by atoms with van der Waals surface area (Å²) in [5.74, 6) is 2.11. The molecular formula is C21H42NNb-3. The van der Waals surface area contributed by atoms with Crippen molar-refractivity contribution in [2.75, 3.05) is 0 Å². The van der Waals surface area contributed by atoms with Gasteiger partial charge in [-0.05, 0) is 11.8 Å². The molecule has 0 aliphatic heterocycles. The Morgan fingerprint density at radius 2 is 1.13 bits per heavy atom. The number of rotatable bonds is 3. The molecule has 2 saturated carbocycles. The number of hydrogen-bond donors (Lipinski definition) is 0. The predicted molar refractivity (Wildman–Crippen MR) is 102 cm³/mol. The normalized spacial score (nSPS) is 18.5. The minimum absolute atomic E-state index is 0.531. The summed E-state index contributed by atoms with van der Waals surface area (Å²) < 4.78 is 3.94. The van der Waals surface area contributed by atoms with Gasteiger partial charge in [-0.15, -0.1) is 0 Å². The van der Waals surface area contributed by atoms with Gasteiger partial charge < -0.3 is 19.8 Å². The zero-order chi connectivity index (χ0) is 17.9. The Morgan fingerprint density at radius 1 is 0.870 bits per heavy atom. The summed E-state index contributed by atoms with van der Waals surface area (Å²) in [4.78, 5) is 0. The van der Waals surface area contributed by atoms with Gasteiger partial charge in [0, 0.05) is 0 Å². The van der Waals surface area contributed by atoms with Crippen molar-refractivity contribution < 1.29 is 20.9 Å². The third-order valence-corrected chi connectivity index (χ3v) is 5.64. The van der Waals surface area contributed by atoms with Gasteiger partial charge in [-0.25, -0.2) is 0 Å². The third kappa shape index (κ3) is 18.7.